The summed E-state index contributed by atoms with van der Waals surface area (Å²) in [5, 5.41) is 11.6. The Hall–Kier alpha value is -2.50. The maximum absolute atomic E-state index is 8.63. The largest absolute Gasteiger partial charge is 0.409 e. The van der Waals surface area contributed by atoms with Gasteiger partial charge in [-0.2, -0.15) is 0 Å². The Morgan fingerprint density at radius 2 is 2.05 bits per heavy atom. The normalized spacial score (nSPS) is 15.4. The van der Waals surface area contributed by atoms with Crippen LogP contribution in [0.4, 0.5) is 5.69 Å². The number of benzene rings is 1. The number of hydrogen-bond donors (Lipinski definition) is 2. The Balaban J connectivity index is 1.81. The van der Waals surface area contributed by atoms with Crippen molar-refractivity contribution in [2.75, 3.05) is 11.4 Å². The Kier molecular flexibility index (Phi) is 2.83. The number of anilines is 1. The van der Waals surface area contributed by atoms with Crippen LogP contribution in [0.1, 0.15) is 11.4 Å². The van der Waals surface area contributed by atoms with Crippen LogP contribution in [-0.2, 0) is 13.1 Å². The highest BCUT2D eigenvalue weighted by Gasteiger charge is 2.16. The SMILES string of the molecule is NC(=NO)c1ccc(N2CCn3ccnc3C2)cc1. The fourth-order valence-electron chi connectivity index (χ4n) is 2.29. The Morgan fingerprint density at radius 1 is 1.26 bits per heavy atom. The standard InChI is InChI=1S/C13H15N5O/c14-13(16-19)10-1-3-11(4-2-10)18-8-7-17-6-5-15-12(17)9-18/h1-6,19H,7-9H2,(H2,14,16). The first-order chi connectivity index (χ1) is 9.28. The number of fused-ring (bicyclic) bond motifs is 1. The van der Waals surface area contributed by atoms with E-state index in [2.05, 4.69) is 19.6 Å². The number of nitrogens with two attached hydrogens (primary N) is 1. The molecule has 2 heterocycles. The summed E-state index contributed by atoms with van der Waals surface area (Å²) in [5.41, 5.74) is 7.37. The van der Waals surface area contributed by atoms with Crippen LogP contribution in [-0.4, -0.2) is 27.1 Å². The van der Waals surface area contributed by atoms with Crippen molar-refractivity contribution in [3.8, 4) is 0 Å². The van der Waals surface area contributed by atoms with Crippen molar-refractivity contribution < 1.29 is 5.21 Å². The first-order valence-electron chi connectivity index (χ1n) is 6.11. The van der Waals surface area contributed by atoms with Crippen LogP contribution in [0.3, 0.4) is 0 Å². The summed E-state index contributed by atoms with van der Waals surface area (Å²) in [5.74, 6) is 1.20. The van der Waals surface area contributed by atoms with E-state index in [1.165, 1.54) is 0 Å². The van der Waals surface area contributed by atoms with E-state index in [1.54, 1.807) is 0 Å². The molecule has 0 saturated carbocycles. The molecule has 0 radical (unpaired) electrons. The molecule has 6 nitrogen and oxygen atoms in total. The average Bonchev–Trinajstić information content (AvgIpc) is 2.94. The summed E-state index contributed by atoms with van der Waals surface area (Å²) < 4.78 is 2.17. The molecule has 0 atom stereocenters. The summed E-state index contributed by atoms with van der Waals surface area (Å²) in [6.45, 7) is 2.69. The molecule has 2 aromatic rings. The van der Waals surface area contributed by atoms with Crippen LogP contribution >= 0.6 is 0 Å². The van der Waals surface area contributed by atoms with Crippen LogP contribution in [0.5, 0.6) is 0 Å². The zero-order valence-electron chi connectivity index (χ0n) is 10.4. The molecule has 1 aromatic heterocycles. The van der Waals surface area contributed by atoms with E-state index in [-0.39, 0.29) is 5.84 Å². The number of amidine groups is 1. The van der Waals surface area contributed by atoms with Crippen molar-refractivity contribution in [2.45, 2.75) is 13.1 Å². The maximum Gasteiger partial charge on any atom is 0.170 e. The fraction of sp³-hybridized carbons (Fsp3) is 0.231. The van der Waals surface area contributed by atoms with E-state index in [9.17, 15) is 0 Å². The van der Waals surface area contributed by atoms with Crippen LogP contribution in [0.25, 0.3) is 0 Å². The molecule has 0 fully saturated rings. The zero-order valence-corrected chi connectivity index (χ0v) is 10.4. The third-order valence-electron chi connectivity index (χ3n) is 3.38. The minimum Gasteiger partial charge on any atom is -0.409 e. The van der Waals surface area contributed by atoms with Gasteiger partial charge in [-0.05, 0) is 24.3 Å². The molecule has 19 heavy (non-hydrogen) atoms. The fourth-order valence-corrected chi connectivity index (χ4v) is 2.29. The topological polar surface area (TPSA) is 79.7 Å². The first-order valence-corrected chi connectivity index (χ1v) is 6.11. The quantitative estimate of drug-likeness (QED) is 0.364. The number of hydrogen-bond acceptors (Lipinski definition) is 4. The van der Waals surface area contributed by atoms with Gasteiger partial charge in [0, 0.05) is 36.7 Å². The monoisotopic (exact) mass is 257 g/mol. The molecular formula is C13H15N5O. The Morgan fingerprint density at radius 3 is 2.79 bits per heavy atom. The Labute approximate surface area is 110 Å². The van der Waals surface area contributed by atoms with Gasteiger partial charge in [-0.1, -0.05) is 5.16 Å². The highest BCUT2D eigenvalue weighted by Crippen LogP contribution is 2.20. The van der Waals surface area contributed by atoms with Gasteiger partial charge in [0.1, 0.15) is 5.82 Å². The molecule has 3 rings (SSSR count). The summed E-state index contributed by atoms with van der Waals surface area (Å²) in [7, 11) is 0. The number of imidazole rings is 1. The molecule has 0 amide bonds. The van der Waals surface area contributed by atoms with Gasteiger partial charge in [-0.15, -0.1) is 0 Å². The van der Waals surface area contributed by atoms with Gasteiger partial charge < -0.3 is 20.4 Å². The third-order valence-corrected chi connectivity index (χ3v) is 3.38. The second-order valence-corrected chi connectivity index (χ2v) is 4.49. The van der Waals surface area contributed by atoms with Gasteiger partial charge in [0.25, 0.3) is 0 Å². The van der Waals surface area contributed by atoms with Crippen molar-refractivity contribution >= 4 is 11.5 Å². The van der Waals surface area contributed by atoms with Crippen molar-refractivity contribution in [1.29, 1.82) is 0 Å². The molecule has 0 saturated heterocycles. The van der Waals surface area contributed by atoms with Gasteiger partial charge in [-0.3, -0.25) is 0 Å². The molecule has 0 bridgehead atoms. The molecule has 3 N–H and O–H groups in total. The van der Waals surface area contributed by atoms with E-state index in [4.69, 9.17) is 10.9 Å². The first kappa shape index (κ1) is 11.6. The third kappa shape index (κ3) is 2.12. The van der Waals surface area contributed by atoms with Crippen LogP contribution in [0.15, 0.2) is 41.8 Å². The summed E-state index contributed by atoms with van der Waals surface area (Å²) in [6.07, 6.45) is 3.84. The molecule has 0 spiro atoms. The predicted molar refractivity (Wildman–Crippen MR) is 72.2 cm³/mol. The molecular weight excluding hydrogens is 242 g/mol. The van der Waals surface area contributed by atoms with Crippen molar-refractivity contribution in [3.63, 3.8) is 0 Å². The summed E-state index contributed by atoms with van der Waals surface area (Å²) in [4.78, 5) is 6.60. The molecule has 1 aromatic carbocycles. The van der Waals surface area contributed by atoms with Crippen molar-refractivity contribution in [3.05, 3.63) is 48.0 Å². The Bertz CT molecular complexity index is 602. The van der Waals surface area contributed by atoms with Gasteiger partial charge in [0.05, 0.1) is 6.54 Å². The summed E-state index contributed by atoms with van der Waals surface area (Å²) >= 11 is 0. The zero-order chi connectivity index (χ0) is 13.2. The van der Waals surface area contributed by atoms with E-state index in [0.29, 0.717) is 5.56 Å². The molecule has 0 unspecified atom stereocenters. The van der Waals surface area contributed by atoms with Gasteiger partial charge in [0.15, 0.2) is 5.84 Å². The molecule has 1 aliphatic rings. The highest BCUT2D eigenvalue weighted by molar-refractivity contribution is 5.97. The summed E-state index contributed by atoms with van der Waals surface area (Å²) in [6, 6.07) is 7.66. The molecule has 0 aliphatic carbocycles. The van der Waals surface area contributed by atoms with Crippen LogP contribution < -0.4 is 10.6 Å². The molecule has 6 heteroatoms. The second kappa shape index (κ2) is 4.64. The van der Waals surface area contributed by atoms with E-state index in [0.717, 1.165) is 31.1 Å². The number of rotatable bonds is 2. The maximum atomic E-state index is 8.63. The van der Waals surface area contributed by atoms with Crippen molar-refractivity contribution in [1.82, 2.24) is 9.55 Å². The molecule has 1 aliphatic heterocycles. The lowest BCUT2D eigenvalue weighted by Gasteiger charge is -2.29. The lowest BCUT2D eigenvalue weighted by atomic mass is 10.1. The minimum absolute atomic E-state index is 0.126. The number of aromatic nitrogens is 2. The van der Waals surface area contributed by atoms with Gasteiger partial charge in [-0.25, -0.2) is 4.98 Å². The van der Waals surface area contributed by atoms with Crippen LogP contribution in [0, 0.1) is 0 Å². The van der Waals surface area contributed by atoms with Crippen molar-refractivity contribution in [2.24, 2.45) is 10.9 Å². The average molecular weight is 257 g/mol. The number of nitrogens with zero attached hydrogens (tertiary/aromatic N) is 4. The number of oxime groups is 1. The van der Waals surface area contributed by atoms with E-state index in [1.807, 2.05) is 36.7 Å². The van der Waals surface area contributed by atoms with E-state index < -0.39 is 0 Å². The van der Waals surface area contributed by atoms with Crippen LogP contribution in [0.2, 0.25) is 0 Å². The van der Waals surface area contributed by atoms with Gasteiger partial charge in [0.2, 0.25) is 0 Å². The lowest BCUT2D eigenvalue weighted by Crippen LogP contribution is -2.33. The lowest BCUT2D eigenvalue weighted by molar-refractivity contribution is 0.318. The molecule has 98 valence electrons. The predicted octanol–water partition coefficient (Wildman–Crippen LogP) is 0.998. The second-order valence-electron chi connectivity index (χ2n) is 4.49. The highest BCUT2D eigenvalue weighted by atomic mass is 16.4. The smallest absolute Gasteiger partial charge is 0.170 e. The van der Waals surface area contributed by atoms with E-state index >= 15 is 0 Å². The minimum atomic E-state index is 0.126. The van der Waals surface area contributed by atoms with Gasteiger partial charge >= 0.3 is 0 Å².